The van der Waals surface area contributed by atoms with E-state index in [2.05, 4.69) is 10.4 Å². The number of nitrogens with one attached hydrogen (secondary N) is 1. The molecule has 8 heteroatoms. The fourth-order valence-electron chi connectivity index (χ4n) is 4.05. The van der Waals surface area contributed by atoms with E-state index in [0.717, 1.165) is 21.9 Å². The van der Waals surface area contributed by atoms with Crippen LogP contribution in [0.5, 0.6) is 11.5 Å². The standard InChI is InChI=1S/C23H22N4O4/c1-14(15-7-8-19-20(11-15)31-10-9-30-19)25-21(28)13-27-18-6-4-3-5-16(18)17-12-24-26(2)23(29)22(17)27/h3-8,11-12,14H,9-10,13H2,1-2H3,(H,25,28)/t14-/m0/s1. The molecule has 0 bridgehead atoms. The molecule has 0 radical (unpaired) electrons. The molecule has 0 spiro atoms. The Labute approximate surface area is 178 Å². The minimum Gasteiger partial charge on any atom is -0.486 e. The maximum absolute atomic E-state index is 13.0. The lowest BCUT2D eigenvalue weighted by molar-refractivity contribution is -0.122. The SMILES string of the molecule is C[C@H](NC(=O)Cn1c2ccccc2c2cnn(C)c(=O)c21)c1ccc2c(c1)OCCO2. The molecule has 1 atom stereocenters. The van der Waals surface area contributed by atoms with Gasteiger partial charge in [0.05, 0.1) is 12.2 Å². The lowest BCUT2D eigenvalue weighted by Gasteiger charge is -2.21. The Bertz CT molecular complexity index is 1370. The van der Waals surface area contributed by atoms with Gasteiger partial charge in [-0.05, 0) is 30.7 Å². The van der Waals surface area contributed by atoms with E-state index in [9.17, 15) is 9.59 Å². The fraction of sp³-hybridized carbons (Fsp3) is 0.261. The van der Waals surface area contributed by atoms with Crippen LogP contribution in [0.1, 0.15) is 18.5 Å². The number of fused-ring (bicyclic) bond motifs is 4. The number of aryl methyl sites for hydroxylation is 1. The first kappa shape index (κ1) is 19.2. The lowest BCUT2D eigenvalue weighted by atomic mass is 10.1. The van der Waals surface area contributed by atoms with Crippen LogP contribution in [0.25, 0.3) is 21.8 Å². The van der Waals surface area contributed by atoms with Crippen LogP contribution in [-0.4, -0.2) is 33.5 Å². The average molecular weight is 418 g/mol. The molecule has 2 aromatic heterocycles. The first-order valence-corrected chi connectivity index (χ1v) is 10.1. The van der Waals surface area contributed by atoms with Crippen molar-refractivity contribution >= 4 is 27.7 Å². The van der Waals surface area contributed by atoms with E-state index in [0.29, 0.717) is 30.2 Å². The van der Waals surface area contributed by atoms with Gasteiger partial charge in [-0.15, -0.1) is 0 Å². The highest BCUT2D eigenvalue weighted by atomic mass is 16.6. The van der Waals surface area contributed by atoms with Gasteiger partial charge >= 0.3 is 0 Å². The molecule has 1 aliphatic heterocycles. The van der Waals surface area contributed by atoms with Gasteiger partial charge in [-0.1, -0.05) is 24.3 Å². The van der Waals surface area contributed by atoms with E-state index < -0.39 is 0 Å². The van der Waals surface area contributed by atoms with E-state index in [1.54, 1.807) is 17.8 Å². The number of para-hydroxylation sites is 1. The second kappa shape index (κ2) is 7.46. The van der Waals surface area contributed by atoms with Crippen molar-refractivity contribution in [1.29, 1.82) is 0 Å². The van der Waals surface area contributed by atoms with Gasteiger partial charge in [0, 0.05) is 23.3 Å². The Hall–Kier alpha value is -3.81. The number of carbonyl (C=O) groups is 1. The van der Waals surface area contributed by atoms with Crippen LogP contribution in [0.2, 0.25) is 0 Å². The summed E-state index contributed by atoms with van der Waals surface area (Å²) in [7, 11) is 1.60. The minimum absolute atomic E-state index is 0.0260. The molecule has 31 heavy (non-hydrogen) atoms. The molecule has 5 rings (SSSR count). The predicted octanol–water partition coefficient (Wildman–Crippen LogP) is 2.54. The van der Waals surface area contributed by atoms with Crippen molar-refractivity contribution in [3.63, 3.8) is 0 Å². The molecule has 158 valence electrons. The molecule has 0 aliphatic carbocycles. The van der Waals surface area contributed by atoms with Crippen molar-refractivity contribution in [2.24, 2.45) is 7.05 Å². The van der Waals surface area contributed by atoms with E-state index in [4.69, 9.17) is 9.47 Å². The van der Waals surface area contributed by atoms with Crippen molar-refractivity contribution in [1.82, 2.24) is 19.7 Å². The zero-order valence-electron chi connectivity index (χ0n) is 17.3. The summed E-state index contributed by atoms with van der Waals surface area (Å²) in [6.45, 7) is 2.98. The first-order chi connectivity index (χ1) is 15.0. The minimum atomic E-state index is -0.235. The molecular weight excluding hydrogens is 396 g/mol. The van der Waals surface area contributed by atoms with Crippen LogP contribution < -0.4 is 20.3 Å². The van der Waals surface area contributed by atoms with Crippen LogP contribution >= 0.6 is 0 Å². The Morgan fingerprint density at radius 3 is 2.74 bits per heavy atom. The van der Waals surface area contributed by atoms with Crippen LogP contribution in [0, 0.1) is 0 Å². The molecule has 0 saturated heterocycles. The highest BCUT2D eigenvalue weighted by Gasteiger charge is 2.19. The van der Waals surface area contributed by atoms with E-state index in [1.165, 1.54) is 4.68 Å². The maximum atomic E-state index is 13.0. The first-order valence-electron chi connectivity index (χ1n) is 10.1. The number of amides is 1. The summed E-state index contributed by atoms with van der Waals surface area (Å²) in [6, 6.07) is 13.1. The Balaban J connectivity index is 1.45. The molecule has 1 aliphatic rings. The molecule has 1 N–H and O–H groups in total. The van der Waals surface area contributed by atoms with Gasteiger partial charge in [-0.2, -0.15) is 5.10 Å². The summed E-state index contributed by atoms with van der Waals surface area (Å²) in [6.07, 6.45) is 1.67. The largest absolute Gasteiger partial charge is 0.486 e. The Morgan fingerprint density at radius 2 is 1.90 bits per heavy atom. The van der Waals surface area contributed by atoms with E-state index in [-0.39, 0.29) is 24.1 Å². The third-order valence-electron chi connectivity index (χ3n) is 5.61. The number of benzene rings is 2. The molecule has 8 nitrogen and oxygen atoms in total. The monoisotopic (exact) mass is 418 g/mol. The van der Waals surface area contributed by atoms with Gasteiger partial charge in [-0.25, -0.2) is 4.68 Å². The number of ether oxygens (including phenoxy) is 2. The number of nitrogens with zero attached hydrogens (tertiary/aromatic N) is 3. The van der Waals surface area contributed by atoms with Gasteiger partial charge in [0.1, 0.15) is 25.3 Å². The average Bonchev–Trinajstić information content (AvgIpc) is 3.10. The Morgan fingerprint density at radius 1 is 1.13 bits per heavy atom. The summed E-state index contributed by atoms with van der Waals surface area (Å²) in [4.78, 5) is 25.8. The van der Waals surface area contributed by atoms with E-state index in [1.807, 2.05) is 49.4 Å². The summed E-state index contributed by atoms with van der Waals surface area (Å²) in [5, 5.41) is 8.81. The summed E-state index contributed by atoms with van der Waals surface area (Å²) in [5.74, 6) is 1.20. The zero-order valence-corrected chi connectivity index (χ0v) is 17.3. The van der Waals surface area contributed by atoms with Gasteiger partial charge in [0.15, 0.2) is 11.5 Å². The number of carbonyl (C=O) groups excluding carboxylic acids is 1. The summed E-state index contributed by atoms with van der Waals surface area (Å²) >= 11 is 0. The molecular formula is C23H22N4O4. The van der Waals surface area contributed by atoms with Crippen molar-refractivity contribution in [3.8, 4) is 11.5 Å². The van der Waals surface area contributed by atoms with Crippen molar-refractivity contribution in [2.75, 3.05) is 13.2 Å². The smallest absolute Gasteiger partial charge is 0.291 e. The molecule has 1 amide bonds. The molecule has 0 unspecified atom stereocenters. The van der Waals surface area contributed by atoms with Gasteiger partial charge in [0.2, 0.25) is 5.91 Å². The fourth-order valence-corrected chi connectivity index (χ4v) is 4.05. The second-order valence-electron chi connectivity index (χ2n) is 7.63. The second-order valence-corrected chi connectivity index (χ2v) is 7.63. The third kappa shape index (κ3) is 3.30. The topological polar surface area (TPSA) is 87.4 Å². The summed E-state index contributed by atoms with van der Waals surface area (Å²) < 4.78 is 14.2. The van der Waals surface area contributed by atoms with Gasteiger partial charge < -0.3 is 19.4 Å². The number of hydrogen-bond acceptors (Lipinski definition) is 5. The number of hydrogen-bond donors (Lipinski definition) is 1. The van der Waals surface area contributed by atoms with Crippen molar-refractivity contribution < 1.29 is 14.3 Å². The van der Waals surface area contributed by atoms with Crippen molar-refractivity contribution in [3.05, 3.63) is 64.6 Å². The third-order valence-corrected chi connectivity index (χ3v) is 5.61. The Kier molecular flexibility index (Phi) is 4.62. The number of rotatable bonds is 4. The molecule has 2 aromatic carbocycles. The normalized spacial score (nSPS) is 14.0. The number of aromatic nitrogens is 3. The zero-order chi connectivity index (χ0) is 21.5. The molecule has 4 aromatic rings. The summed E-state index contributed by atoms with van der Waals surface area (Å²) in [5.41, 5.74) is 1.98. The lowest BCUT2D eigenvalue weighted by Crippen LogP contribution is -2.31. The van der Waals surface area contributed by atoms with Crippen molar-refractivity contribution in [2.45, 2.75) is 19.5 Å². The molecule has 3 heterocycles. The maximum Gasteiger partial charge on any atom is 0.291 e. The molecule has 0 saturated carbocycles. The predicted molar refractivity (Wildman–Crippen MR) is 116 cm³/mol. The quantitative estimate of drug-likeness (QED) is 0.550. The van der Waals surface area contributed by atoms with Crippen LogP contribution in [-0.2, 0) is 18.4 Å². The van der Waals surface area contributed by atoms with Crippen LogP contribution in [0.4, 0.5) is 0 Å². The van der Waals surface area contributed by atoms with Crippen LogP contribution in [0.15, 0.2) is 53.5 Å². The highest BCUT2D eigenvalue weighted by molar-refractivity contribution is 6.07. The van der Waals surface area contributed by atoms with Crippen LogP contribution in [0.3, 0.4) is 0 Å². The van der Waals surface area contributed by atoms with Gasteiger partial charge in [0.25, 0.3) is 5.56 Å². The van der Waals surface area contributed by atoms with Gasteiger partial charge in [-0.3, -0.25) is 9.59 Å². The highest BCUT2D eigenvalue weighted by Crippen LogP contribution is 2.32. The molecule has 0 fully saturated rings. The van der Waals surface area contributed by atoms with E-state index >= 15 is 0 Å².